The van der Waals surface area contributed by atoms with Gasteiger partial charge in [0.15, 0.2) is 0 Å². The van der Waals surface area contributed by atoms with Crippen LogP contribution < -0.4 is 16.4 Å². The van der Waals surface area contributed by atoms with E-state index in [1.165, 1.54) is 0 Å². The molecule has 0 fully saturated rings. The molecular weight excluding hydrogens is 260 g/mol. The van der Waals surface area contributed by atoms with Crippen LogP contribution in [0, 0.1) is 0 Å². The van der Waals surface area contributed by atoms with Gasteiger partial charge in [0.05, 0.1) is 0 Å². The smallest absolute Gasteiger partial charge is 0.422 e. The molecule has 3 N–H and O–H groups in total. The highest BCUT2D eigenvalue weighted by molar-refractivity contribution is 8.76. The van der Waals surface area contributed by atoms with E-state index < -0.39 is 6.09 Å². The van der Waals surface area contributed by atoms with Gasteiger partial charge in [0.2, 0.25) is 0 Å². The summed E-state index contributed by atoms with van der Waals surface area (Å²) in [5, 5.41) is 0.943. The third-order valence-electron chi connectivity index (χ3n) is 1.47. The first-order chi connectivity index (χ1) is 8.33. The maximum atomic E-state index is 11.0. The van der Waals surface area contributed by atoms with Crippen molar-refractivity contribution < 1.29 is 9.53 Å². The number of aromatic nitrogens is 1. The number of rotatable bonds is 7. The molecule has 6 nitrogen and oxygen atoms in total. The van der Waals surface area contributed by atoms with Crippen LogP contribution in [0.25, 0.3) is 0 Å². The summed E-state index contributed by atoms with van der Waals surface area (Å²) in [7, 11) is 4.78. The summed E-state index contributed by atoms with van der Waals surface area (Å²) < 4.78 is 4.87. The molecule has 0 unspecified atom stereocenters. The highest BCUT2D eigenvalue weighted by atomic mass is 33.1. The van der Waals surface area contributed by atoms with Gasteiger partial charge >= 0.3 is 6.09 Å². The van der Waals surface area contributed by atoms with Gasteiger partial charge in [-0.25, -0.2) is 20.6 Å². The van der Waals surface area contributed by atoms with Crippen molar-refractivity contribution in [2.75, 3.05) is 19.4 Å². The van der Waals surface area contributed by atoms with E-state index in [2.05, 4.69) is 21.4 Å². The van der Waals surface area contributed by atoms with Gasteiger partial charge in [-0.15, -0.1) is 0 Å². The summed E-state index contributed by atoms with van der Waals surface area (Å²) in [4.78, 5) is 15.1. The molecule has 0 bridgehead atoms. The fraction of sp³-hybridized carbons (Fsp3) is 0.333. The van der Waals surface area contributed by atoms with Crippen molar-refractivity contribution in [2.45, 2.75) is 5.03 Å². The van der Waals surface area contributed by atoms with Gasteiger partial charge in [-0.05, 0) is 22.9 Å². The van der Waals surface area contributed by atoms with E-state index in [4.69, 9.17) is 4.74 Å². The van der Waals surface area contributed by atoms with Crippen LogP contribution in [0.4, 0.5) is 4.79 Å². The second-order valence-electron chi connectivity index (χ2n) is 2.71. The van der Waals surface area contributed by atoms with Crippen LogP contribution in [0.1, 0.15) is 0 Å². The summed E-state index contributed by atoms with van der Waals surface area (Å²) in [6.07, 6.45) is 1.23. The molecule has 1 amide bonds. The first-order valence-electron chi connectivity index (χ1n) is 4.88. The van der Waals surface area contributed by atoms with Crippen LogP contribution in [-0.4, -0.2) is 30.5 Å². The fourth-order valence-electron chi connectivity index (χ4n) is 0.816. The number of carbonyl (C=O) groups is 1. The normalized spacial score (nSPS) is 9.94. The Bertz CT molecular complexity index is 326. The molecule has 0 atom stereocenters. The number of nitrogens with zero attached hydrogens (tertiary/aromatic N) is 1. The van der Waals surface area contributed by atoms with Crippen molar-refractivity contribution in [1.29, 1.82) is 0 Å². The van der Waals surface area contributed by atoms with E-state index in [0.717, 1.165) is 5.03 Å². The summed E-state index contributed by atoms with van der Waals surface area (Å²) in [6.45, 7) is 0.349. The first kappa shape index (κ1) is 14.1. The van der Waals surface area contributed by atoms with E-state index in [9.17, 15) is 4.79 Å². The van der Waals surface area contributed by atoms with E-state index in [0.29, 0.717) is 12.4 Å². The minimum absolute atomic E-state index is 0.349. The summed E-state index contributed by atoms with van der Waals surface area (Å²) in [6, 6.07) is 5.74. The first-order valence-corrected chi connectivity index (χ1v) is 7.20. The van der Waals surface area contributed by atoms with Gasteiger partial charge in [0.25, 0.3) is 0 Å². The molecule has 1 aromatic heterocycles. The second kappa shape index (κ2) is 9.11. The Labute approximate surface area is 108 Å². The second-order valence-corrected chi connectivity index (χ2v) is 5.15. The molecule has 94 valence electrons. The van der Waals surface area contributed by atoms with Gasteiger partial charge in [-0.1, -0.05) is 16.9 Å². The number of hydrazine groups is 2. The highest BCUT2D eigenvalue weighted by Gasteiger charge is 2.00. The average Bonchev–Trinajstić information content (AvgIpc) is 2.37. The van der Waals surface area contributed by atoms with Crippen molar-refractivity contribution in [3.05, 3.63) is 24.4 Å². The highest BCUT2D eigenvalue weighted by Crippen LogP contribution is 2.28. The molecule has 0 saturated carbocycles. The average molecular weight is 274 g/mol. The van der Waals surface area contributed by atoms with Crippen molar-refractivity contribution in [3.63, 3.8) is 0 Å². The number of hydrogen-bond acceptors (Lipinski definition) is 7. The van der Waals surface area contributed by atoms with Crippen LogP contribution in [0.2, 0.25) is 0 Å². The molecule has 0 saturated heterocycles. The van der Waals surface area contributed by atoms with E-state index in [1.807, 2.05) is 18.2 Å². The monoisotopic (exact) mass is 274 g/mol. The molecule has 0 aromatic carbocycles. The maximum Gasteiger partial charge on any atom is 0.422 e. The van der Waals surface area contributed by atoms with Crippen molar-refractivity contribution in [2.24, 2.45) is 0 Å². The summed E-state index contributed by atoms with van der Waals surface area (Å²) in [5.41, 5.74) is 7.25. The zero-order chi connectivity index (χ0) is 12.3. The molecule has 1 heterocycles. The minimum atomic E-state index is -0.511. The lowest BCUT2D eigenvalue weighted by Crippen LogP contribution is -2.44. The Morgan fingerprint density at radius 1 is 1.53 bits per heavy atom. The van der Waals surface area contributed by atoms with E-state index >= 15 is 0 Å². The Balaban J connectivity index is 1.99. The molecule has 0 aliphatic rings. The fourth-order valence-corrected chi connectivity index (χ4v) is 2.52. The van der Waals surface area contributed by atoms with Crippen LogP contribution in [0.5, 0.6) is 0 Å². The van der Waals surface area contributed by atoms with Crippen molar-refractivity contribution >= 4 is 27.7 Å². The number of ether oxygens (including phenoxy) is 1. The number of nitrogens with one attached hydrogen (secondary N) is 3. The molecule has 0 spiro atoms. The van der Waals surface area contributed by atoms with Crippen LogP contribution in [0.15, 0.2) is 29.4 Å². The lowest BCUT2D eigenvalue weighted by Gasteiger charge is -2.06. The number of hydrogen-bond donors (Lipinski definition) is 3. The topological polar surface area (TPSA) is 75.3 Å². The standard InChI is InChI=1S/C9H14N4O2S2/c1-10-13-12-9(14)15-6-7-16-17-8-4-2-3-5-11-8/h2-5,10,13H,6-7H2,1H3,(H,12,14). The van der Waals surface area contributed by atoms with Crippen LogP contribution >= 0.6 is 21.6 Å². The molecule has 17 heavy (non-hydrogen) atoms. The number of pyridine rings is 1. The molecule has 0 radical (unpaired) electrons. The van der Waals surface area contributed by atoms with Crippen molar-refractivity contribution in [1.82, 2.24) is 21.4 Å². The summed E-state index contributed by atoms with van der Waals surface area (Å²) >= 11 is 0. The third-order valence-corrected chi connectivity index (χ3v) is 3.70. The molecule has 8 heteroatoms. The van der Waals surface area contributed by atoms with Crippen LogP contribution in [0.3, 0.4) is 0 Å². The molecule has 1 rings (SSSR count). The zero-order valence-corrected chi connectivity index (χ0v) is 10.9. The molecule has 0 aliphatic carbocycles. The van der Waals surface area contributed by atoms with Gasteiger partial charge in [0.1, 0.15) is 11.6 Å². The lowest BCUT2D eigenvalue weighted by molar-refractivity contribution is 0.146. The van der Waals surface area contributed by atoms with Crippen LogP contribution in [-0.2, 0) is 4.74 Å². The zero-order valence-electron chi connectivity index (χ0n) is 9.30. The SMILES string of the molecule is CNNNC(=O)OCCSSc1ccccn1. The van der Waals surface area contributed by atoms with Gasteiger partial charge in [-0.3, -0.25) is 0 Å². The molecule has 0 aliphatic heterocycles. The summed E-state index contributed by atoms with van der Waals surface area (Å²) in [5.74, 6) is 0.703. The van der Waals surface area contributed by atoms with E-state index in [1.54, 1.807) is 34.8 Å². The Morgan fingerprint density at radius 3 is 3.12 bits per heavy atom. The van der Waals surface area contributed by atoms with Gasteiger partial charge in [-0.2, -0.15) is 5.53 Å². The largest absolute Gasteiger partial charge is 0.448 e. The Kier molecular flexibility index (Phi) is 7.56. The number of carbonyl (C=O) groups excluding carboxylic acids is 1. The quantitative estimate of drug-likeness (QED) is 0.392. The van der Waals surface area contributed by atoms with E-state index in [-0.39, 0.29) is 0 Å². The predicted octanol–water partition coefficient (Wildman–Crippen LogP) is 1.19. The Morgan fingerprint density at radius 2 is 2.41 bits per heavy atom. The molecule has 1 aromatic rings. The molecular formula is C9H14N4O2S2. The Hall–Kier alpha value is -0.960. The lowest BCUT2D eigenvalue weighted by atomic mass is 10.5. The van der Waals surface area contributed by atoms with Gasteiger partial charge in [0, 0.05) is 19.0 Å². The predicted molar refractivity (Wildman–Crippen MR) is 69.2 cm³/mol. The maximum absolute atomic E-state index is 11.0. The van der Waals surface area contributed by atoms with Gasteiger partial charge < -0.3 is 4.74 Å². The van der Waals surface area contributed by atoms with Crippen molar-refractivity contribution in [3.8, 4) is 0 Å². The third kappa shape index (κ3) is 7.05. The number of amides is 1. The minimum Gasteiger partial charge on any atom is -0.448 e.